The van der Waals surface area contributed by atoms with E-state index in [4.69, 9.17) is 5.26 Å². The zero-order valence-electron chi connectivity index (χ0n) is 14.3. The first-order valence-corrected chi connectivity index (χ1v) is 9.85. The van der Waals surface area contributed by atoms with Gasteiger partial charge in [0.25, 0.3) is 0 Å². The number of anilines is 2. The van der Waals surface area contributed by atoms with Crippen LogP contribution < -0.4 is 10.2 Å². The molecule has 2 unspecified atom stereocenters. The Morgan fingerprint density at radius 1 is 1.20 bits per heavy atom. The quantitative estimate of drug-likeness (QED) is 0.809. The summed E-state index contributed by atoms with van der Waals surface area (Å²) in [6.07, 6.45) is 5.68. The number of hydrogen-bond donors (Lipinski definition) is 1. The molecule has 0 radical (unpaired) electrons. The van der Waals surface area contributed by atoms with Crippen LogP contribution in [0.25, 0.3) is 0 Å². The van der Waals surface area contributed by atoms with E-state index >= 15 is 0 Å². The monoisotopic (exact) mass is 353 g/mol. The molecule has 130 valence electrons. The summed E-state index contributed by atoms with van der Waals surface area (Å²) in [5.41, 5.74) is 1.80. The Morgan fingerprint density at radius 3 is 2.60 bits per heavy atom. The topological polar surface area (TPSA) is 55.2 Å². The lowest BCUT2D eigenvalue weighted by molar-refractivity contribution is 0.169. The van der Waals surface area contributed by atoms with Crippen LogP contribution in [-0.2, 0) is 0 Å². The lowest BCUT2D eigenvalue weighted by Gasteiger charge is -2.41. The van der Waals surface area contributed by atoms with Gasteiger partial charge in [-0.05, 0) is 43.5 Å². The number of rotatable bonds is 6. The second-order valence-electron chi connectivity index (χ2n) is 6.81. The standard InChI is InChI=1S/C19H23N5S/c20-12-15-2-4-16(5-3-15)21-8-1-10-24-17-6-7-18(24)14-23(13-17)19-22-9-11-25-19/h2-5,9,11,17-18,21H,1,6-8,10,13-14H2. The Morgan fingerprint density at radius 2 is 1.96 bits per heavy atom. The molecule has 2 fully saturated rings. The van der Waals surface area contributed by atoms with E-state index in [9.17, 15) is 0 Å². The van der Waals surface area contributed by atoms with Gasteiger partial charge < -0.3 is 10.2 Å². The number of nitrogens with zero attached hydrogens (tertiary/aromatic N) is 4. The fraction of sp³-hybridized carbons (Fsp3) is 0.474. The summed E-state index contributed by atoms with van der Waals surface area (Å²) in [6, 6.07) is 11.2. The van der Waals surface area contributed by atoms with Gasteiger partial charge >= 0.3 is 0 Å². The molecule has 6 heteroatoms. The van der Waals surface area contributed by atoms with Gasteiger partial charge in [-0.2, -0.15) is 5.26 Å². The number of thiazole rings is 1. The normalized spacial score (nSPS) is 22.8. The van der Waals surface area contributed by atoms with Crippen molar-refractivity contribution in [3.63, 3.8) is 0 Å². The van der Waals surface area contributed by atoms with Crippen molar-refractivity contribution in [1.82, 2.24) is 9.88 Å². The van der Waals surface area contributed by atoms with Crippen LogP contribution in [-0.4, -0.2) is 48.1 Å². The van der Waals surface area contributed by atoms with Crippen LogP contribution in [0.4, 0.5) is 10.8 Å². The fourth-order valence-electron chi connectivity index (χ4n) is 4.04. The maximum atomic E-state index is 8.84. The molecule has 0 amide bonds. The van der Waals surface area contributed by atoms with E-state index in [1.165, 1.54) is 18.0 Å². The molecule has 1 aromatic heterocycles. The van der Waals surface area contributed by atoms with Crippen LogP contribution in [0.5, 0.6) is 0 Å². The third-order valence-corrected chi connectivity index (χ3v) is 6.09. The van der Waals surface area contributed by atoms with Crippen molar-refractivity contribution < 1.29 is 0 Å². The zero-order chi connectivity index (χ0) is 17.1. The molecule has 0 spiro atoms. The van der Waals surface area contributed by atoms with Gasteiger partial charge in [-0.25, -0.2) is 4.98 Å². The van der Waals surface area contributed by atoms with Crippen LogP contribution in [0.15, 0.2) is 35.8 Å². The summed E-state index contributed by atoms with van der Waals surface area (Å²) in [5, 5.41) is 15.5. The van der Waals surface area contributed by atoms with Crippen LogP contribution in [0.2, 0.25) is 0 Å². The number of fused-ring (bicyclic) bond motifs is 2. The van der Waals surface area contributed by atoms with E-state index in [0.717, 1.165) is 38.3 Å². The van der Waals surface area contributed by atoms with E-state index in [1.54, 1.807) is 11.3 Å². The van der Waals surface area contributed by atoms with E-state index in [1.807, 2.05) is 30.5 Å². The molecule has 2 atom stereocenters. The molecule has 0 aliphatic carbocycles. The van der Waals surface area contributed by atoms with E-state index in [0.29, 0.717) is 17.6 Å². The molecule has 2 aliphatic heterocycles. The SMILES string of the molecule is N#Cc1ccc(NCCCN2C3CCC2CN(c2nccs2)C3)cc1. The Labute approximate surface area is 152 Å². The predicted octanol–water partition coefficient (Wildman–Crippen LogP) is 3.17. The summed E-state index contributed by atoms with van der Waals surface area (Å²) in [4.78, 5) is 9.66. The third-order valence-electron chi connectivity index (χ3n) is 5.26. The zero-order valence-corrected chi connectivity index (χ0v) is 15.1. The largest absolute Gasteiger partial charge is 0.385 e. The van der Waals surface area contributed by atoms with E-state index in [2.05, 4.69) is 31.5 Å². The average molecular weight is 353 g/mol. The molecule has 2 aliphatic rings. The minimum absolute atomic E-state index is 0.678. The summed E-state index contributed by atoms with van der Waals surface area (Å²) in [5.74, 6) is 0. The Hall–Kier alpha value is -2.10. The highest BCUT2D eigenvalue weighted by molar-refractivity contribution is 7.13. The molecule has 2 saturated heterocycles. The third kappa shape index (κ3) is 3.63. The minimum Gasteiger partial charge on any atom is -0.385 e. The van der Waals surface area contributed by atoms with Gasteiger partial charge in [0, 0.05) is 55.5 Å². The van der Waals surface area contributed by atoms with Gasteiger partial charge in [0.05, 0.1) is 11.6 Å². The van der Waals surface area contributed by atoms with Gasteiger partial charge in [0.1, 0.15) is 0 Å². The van der Waals surface area contributed by atoms with Gasteiger partial charge in [-0.1, -0.05) is 0 Å². The number of nitrogens with one attached hydrogen (secondary N) is 1. The second kappa shape index (κ2) is 7.42. The summed E-state index contributed by atoms with van der Waals surface area (Å²) < 4.78 is 0. The highest BCUT2D eigenvalue weighted by Gasteiger charge is 2.39. The van der Waals surface area contributed by atoms with Gasteiger partial charge in [0.15, 0.2) is 5.13 Å². The molecule has 1 aromatic carbocycles. The predicted molar refractivity (Wildman–Crippen MR) is 102 cm³/mol. The lowest BCUT2D eigenvalue weighted by atomic mass is 10.2. The first-order chi connectivity index (χ1) is 12.3. The van der Waals surface area contributed by atoms with Gasteiger partial charge in [-0.3, -0.25) is 4.90 Å². The molecule has 25 heavy (non-hydrogen) atoms. The van der Waals surface area contributed by atoms with Crippen molar-refractivity contribution >= 4 is 22.2 Å². The molecule has 0 saturated carbocycles. The Bertz CT molecular complexity index is 707. The van der Waals surface area contributed by atoms with Crippen molar-refractivity contribution in [3.8, 4) is 6.07 Å². The molecule has 5 nitrogen and oxygen atoms in total. The lowest BCUT2D eigenvalue weighted by Crippen LogP contribution is -2.54. The number of hydrogen-bond acceptors (Lipinski definition) is 6. The maximum absolute atomic E-state index is 8.84. The average Bonchev–Trinajstić information content (AvgIpc) is 3.26. The van der Waals surface area contributed by atoms with Crippen molar-refractivity contribution in [3.05, 3.63) is 41.4 Å². The fourth-order valence-corrected chi connectivity index (χ4v) is 4.70. The molecule has 2 bridgehead atoms. The number of piperazine rings is 1. The van der Waals surface area contributed by atoms with Crippen molar-refractivity contribution in [2.24, 2.45) is 0 Å². The Balaban J connectivity index is 1.24. The van der Waals surface area contributed by atoms with Gasteiger partial charge in [0.2, 0.25) is 0 Å². The first kappa shape index (κ1) is 16.4. The van der Waals surface area contributed by atoms with E-state index < -0.39 is 0 Å². The number of benzene rings is 1. The molecular weight excluding hydrogens is 330 g/mol. The molecule has 4 rings (SSSR count). The number of nitriles is 1. The molecule has 2 aromatic rings. The highest BCUT2D eigenvalue weighted by Crippen LogP contribution is 2.33. The maximum Gasteiger partial charge on any atom is 0.185 e. The van der Waals surface area contributed by atoms with Crippen molar-refractivity contribution in [1.29, 1.82) is 5.26 Å². The van der Waals surface area contributed by atoms with E-state index in [-0.39, 0.29) is 0 Å². The highest BCUT2D eigenvalue weighted by atomic mass is 32.1. The molecule has 1 N–H and O–H groups in total. The molecule has 3 heterocycles. The summed E-state index contributed by atoms with van der Waals surface area (Å²) in [6.45, 7) is 4.36. The van der Waals surface area contributed by atoms with Crippen LogP contribution in [0.1, 0.15) is 24.8 Å². The van der Waals surface area contributed by atoms with Crippen LogP contribution in [0, 0.1) is 11.3 Å². The Kier molecular flexibility index (Phi) is 4.86. The molecular formula is C19H23N5S. The number of aromatic nitrogens is 1. The van der Waals surface area contributed by atoms with Crippen molar-refractivity contribution in [2.75, 3.05) is 36.4 Å². The summed E-state index contributed by atoms with van der Waals surface area (Å²) in [7, 11) is 0. The first-order valence-electron chi connectivity index (χ1n) is 8.98. The van der Waals surface area contributed by atoms with Crippen LogP contribution in [0.3, 0.4) is 0 Å². The van der Waals surface area contributed by atoms with Gasteiger partial charge in [-0.15, -0.1) is 11.3 Å². The van der Waals surface area contributed by atoms with Crippen LogP contribution >= 0.6 is 11.3 Å². The second-order valence-corrected chi connectivity index (χ2v) is 7.68. The minimum atomic E-state index is 0.678. The van der Waals surface area contributed by atoms with Crippen molar-refractivity contribution in [2.45, 2.75) is 31.3 Å². The summed E-state index contributed by atoms with van der Waals surface area (Å²) >= 11 is 1.75. The smallest absolute Gasteiger partial charge is 0.185 e.